The van der Waals surface area contributed by atoms with E-state index in [1.807, 2.05) is 0 Å². The minimum absolute atomic E-state index is 0.338. The van der Waals surface area contributed by atoms with E-state index in [0.717, 1.165) is 13.0 Å². The van der Waals surface area contributed by atoms with Crippen molar-refractivity contribution in [2.24, 2.45) is 0 Å². The number of benzene rings is 2. The molecule has 1 aliphatic rings. The Morgan fingerprint density at radius 3 is 2.52 bits per heavy atom. The predicted molar refractivity (Wildman–Crippen MR) is 99.6 cm³/mol. The molecule has 0 aliphatic heterocycles. The van der Waals surface area contributed by atoms with Crippen molar-refractivity contribution in [2.75, 3.05) is 6.54 Å². The van der Waals surface area contributed by atoms with Gasteiger partial charge in [0.25, 0.3) is 0 Å². The summed E-state index contributed by atoms with van der Waals surface area (Å²) in [7, 11) is 0. The Kier molecular flexibility index (Phi) is 5.30. The minimum atomic E-state index is 0.338. The molecular weight excluding hydrogens is 278 g/mol. The molecule has 1 unspecified atom stereocenters. The van der Waals surface area contributed by atoms with Crippen LogP contribution in [0.2, 0.25) is 0 Å². The highest BCUT2D eigenvalue weighted by molar-refractivity contribution is 5.65. The third-order valence-corrected chi connectivity index (χ3v) is 4.86. The van der Waals surface area contributed by atoms with Crippen molar-refractivity contribution < 1.29 is 0 Å². The molecule has 1 nitrogen and oxygen atoms in total. The molecule has 0 spiro atoms. The van der Waals surface area contributed by atoms with Crippen molar-refractivity contribution >= 4 is 5.57 Å². The molecule has 0 amide bonds. The molecule has 3 rings (SSSR count). The van der Waals surface area contributed by atoms with Gasteiger partial charge >= 0.3 is 0 Å². The van der Waals surface area contributed by atoms with E-state index in [0.29, 0.717) is 6.04 Å². The Morgan fingerprint density at radius 2 is 1.78 bits per heavy atom. The Balaban J connectivity index is 1.76. The highest BCUT2D eigenvalue weighted by Crippen LogP contribution is 2.29. The molecule has 1 atom stereocenters. The third kappa shape index (κ3) is 3.92. The second-order valence-corrected chi connectivity index (χ2v) is 6.52. The Hall–Kier alpha value is -1.86. The molecule has 0 bridgehead atoms. The van der Waals surface area contributed by atoms with Gasteiger partial charge in [0.2, 0.25) is 0 Å². The first-order valence-corrected chi connectivity index (χ1v) is 8.86. The highest BCUT2D eigenvalue weighted by atomic mass is 14.9. The molecule has 23 heavy (non-hydrogen) atoms. The van der Waals surface area contributed by atoms with Crippen LogP contribution in [0.4, 0.5) is 0 Å². The topological polar surface area (TPSA) is 12.0 Å². The summed E-state index contributed by atoms with van der Waals surface area (Å²) in [5.74, 6) is 0. The lowest BCUT2D eigenvalue weighted by atomic mass is 9.88. The average Bonchev–Trinajstić information content (AvgIpc) is 2.61. The Labute approximate surface area is 140 Å². The van der Waals surface area contributed by atoms with Crippen molar-refractivity contribution in [3.63, 3.8) is 0 Å². The molecule has 2 aromatic carbocycles. The van der Waals surface area contributed by atoms with Gasteiger partial charge in [0.15, 0.2) is 0 Å². The fourth-order valence-electron chi connectivity index (χ4n) is 3.56. The van der Waals surface area contributed by atoms with E-state index in [-0.39, 0.29) is 0 Å². The van der Waals surface area contributed by atoms with E-state index in [1.165, 1.54) is 47.9 Å². The van der Waals surface area contributed by atoms with Crippen LogP contribution >= 0.6 is 0 Å². The van der Waals surface area contributed by atoms with Gasteiger partial charge in [0.05, 0.1) is 0 Å². The minimum Gasteiger partial charge on any atom is -0.310 e. The molecule has 0 saturated heterocycles. The van der Waals surface area contributed by atoms with E-state index < -0.39 is 0 Å². The molecule has 2 aromatic rings. The lowest BCUT2D eigenvalue weighted by Crippen LogP contribution is -2.21. The molecule has 1 N–H and O–H groups in total. The molecule has 0 heterocycles. The van der Waals surface area contributed by atoms with Crippen LogP contribution in [0.3, 0.4) is 0 Å². The fourth-order valence-corrected chi connectivity index (χ4v) is 3.56. The standard InChI is InChI=1S/C22H27N/c1-3-23-22(19-10-5-4-6-11-19)15-17(2)20-14-13-18-9-7-8-12-21(18)16-20/h4-6,10-11,13-14,16,22-23H,2-3,7-9,12,15H2,1H3. The van der Waals surface area contributed by atoms with Gasteiger partial charge in [-0.05, 0) is 66.5 Å². The van der Waals surface area contributed by atoms with Crippen LogP contribution in [0.1, 0.15) is 54.5 Å². The normalized spacial score (nSPS) is 15.0. The van der Waals surface area contributed by atoms with Crippen LogP contribution in [0, 0.1) is 0 Å². The summed E-state index contributed by atoms with van der Waals surface area (Å²) in [5.41, 5.74) is 6.96. The summed E-state index contributed by atoms with van der Waals surface area (Å²) >= 11 is 0. The molecule has 0 radical (unpaired) electrons. The maximum Gasteiger partial charge on any atom is 0.0360 e. The number of hydrogen-bond donors (Lipinski definition) is 1. The van der Waals surface area contributed by atoms with Gasteiger partial charge in [-0.15, -0.1) is 0 Å². The first-order valence-electron chi connectivity index (χ1n) is 8.86. The molecule has 1 aliphatic carbocycles. The van der Waals surface area contributed by atoms with Gasteiger partial charge in [-0.25, -0.2) is 0 Å². The van der Waals surface area contributed by atoms with Crippen molar-refractivity contribution in [3.05, 3.63) is 77.4 Å². The summed E-state index contributed by atoms with van der Waals surface area (Å²) in [4.78, 5) is 0. The van der Waals surface area contributed by atoms with E-state index in [1.54, 1.807) is 5.56 Å². The van der Waals surface area contributed by atoms with Crippen LogP contribution in [0.15, 0.2) is 55.1 Å². The quantitative estimate of drug-likeness (QED) is 0.761. The summed E-state index contributed by atoms with van der Waals surface area (Å²) in [5, 5.41) is 3.60. The van der Waals surface area contributed by atoms with Gasteiger partial charge in [0, 0.05) is 6.04 Å². The zero-order valence-electron chi connectivity index (χ0n) is 14.1. The van der Waals surface area contributed by atoms with E-state index in [4.69, 9.17) is 0 Å². The van der Waals surface area contributed by atoms with Crippen molar-refractivity contribution in [1.29, 1.82) is 0 Å². The van der Waals surface area contributed by atoms with Crippen LogP contribution < -0.4 is 5.32 Å². The van der Waals surface area contributed by atoms with Gasteiger partial charge < -0.3 is 5.32 Å². The molecular formula is C22H27N. The third-order valence-electron chi connectivity index (χ3n) is 4.86. The molecule has 0 fully saturated rings. The average molecular weight is 305 g/mol. The summed E-state index contributed by atoms with van der Waals surface area (Å²) in [6.45, 7) is 7.51. The number of nitrogens with one attached hydrogen (secondary N) is 1. The fraction of sp³-hybridized carbons (Fsp3) is 0.364. The lowest BCUT2D eigenvalue weighted by molar-refractivity contribution is 0.564. The zero-order valence-corrected chi connectivity index (χ0v) is 14.1. The van der Waals surface area contributed by atoms with Gasteiger partial charge in [-0.2, -0.15) is 0 Å². The first-order chi connectivity index (χ1) is 11.3. The number of fused-ring (bicyclic) bond motifs is 1. The van der Waals surface area contributed by atoms with E-state index in [9.17, 15) is 0 Å². The molecule has 0 saturated carbocycles. The first kappa shape index (κ1) is 16.0. The second-order valence-electron chi connectivity index (χ2n) is 6.52. The summed E-state index contributed by atoms with van der Waals surface area (Å²) in [6, 6.07) is 18.0. The van der Waals surface area contributed by atoms with Crippen LogP contribution in [-0.2, 0) is 12.8 Å². The number of aryl methyl sites for hydroxylation is 2. The highest BCUT2D eigenvalue weighted by Gasteiger charge is 2.14. The predicted octanol–water partition coefficient (Wildman–Crippen LogP) is 5.32. The number of rotatable bonds is 6. The van der Waals surface area contributed by atoms with E-state index >= 15 is 0 Å². The van der Waals surface area contributed by atoms with Crippen molar-refractivity contribution in [1.82, 2.24) is 5.32 Å². The maximum atomic E-state index is 4.38. The second kappa shape index (κ2) is 7.61. The zero-order chi connectivity index (χ0) is 16.1. The molecule has 1 heteroatoms. The SMILES string of the molecule is C=C(CC(NCC)c1ccccc1)c1ccc2c(c1)CCCC2. The van der Waals surface area contributed by atoms with Crippen LogP contribution in [0.5, 0.6) is 0 Å². The van der Waals surface area contributed by atoms with Gasteiger partial charge in [-0.3, -0.25) is 0 Å². The van der Waals surface area contributed by atoms with Crippen molar-refractivity contribution in [2.45, 2.75) is 45.1 Å². The Bertz CT molecular complexity index is 657. The van der Waals surface area contributed by atoms with E-state index in [2.05, 4.69) is 67.4 Å². The monoisotopic (exact) mass is 305 g/mol. The maximum absolute atomic E-state index is 4.38. The summed E-state index contributed by atoms with van der Waals surface area (Å²) in [6.07, 6.45) is 6.09. The Morgan fingerprint density at radius 1 is 1.04 bits per heavy atom. The van der Waals surface area contributed by atoms with Crippen LogP contribution in [-0.4, -0.2) is 6.54 Å². The smallest absolute Gasteiger partial charge is 0.0360 e. The lowest BCUT2D eigenvalue weighted by Gasteiger charge is -2.21. The molecule has 0 aromatic heterocycles. The van der Waals surface area contributed by atoms with Crippen molar-refractivity contribution in [3.8, 4) is 0 Å². The van der Waals surface area contributed by atoms with Crippen LogP contribution in [0.25, 0.3) is 5.57 Å². The van der Waals surface area contributed by atoms with Gasteiger partial charge in [-0.1, -0.05) is 62.0 Å². The summed E-state index contributed by atoms with van der Waals surface area (Å²) < 4.78 is 0. The molecule has 120 valence electrons. The largest absolute Gasteiger partial charge is 0.310 e. The van der Waals surface area contributed by atoms with Gasteiger partial charge in [0.1, 0.15) is 0 Å². The number of hydrogen-bond acceptors (Lipinski definition) is 1.